The van der Waals surface area contributed by atoms with Gasteiger partial charge < -0.3 is 9.16 Å². The molecule has 0 saturated carbocycles. The van der Waals surface area contributed by atoms with Crippen molar-refractivity contribution in [2.45, 2.75) is 38.8 Å². The molecule has 1 heterocycles. The first-order valence-corrected chi connectivity index (χ1v) is 7.29. The molecule has 19 heavy (non-hydrogen) atoms. The summed E-state index contributed by atoms with van der Waals surface area (Å²) < 4.78 is 10.2. The van der Waals surface area contributed by atoms with Crippen molar-refractivity contribution in [2.75, 3.05) is 0 Å². The predicted molar refractivity (Wildman–Crippen MR) is 71.3 cm³/mol. The fourth-order valence-corrected chi connectivity index (χ4v) is 2.68. The van der Waals surface area contributed by atoms with Crippen LogP contribution in [0.1, 0.15) is 47.1 Å². The maximum Gasteiger partial charge on any atom is 0.346 e. The van der Waals surface area contributed by atoms with Gasteiger partial charge in [-0.05, 0) is 50.9 Å². The van der Waals surface area contributed by atoms with Gasteiger partial charge in [-0.15, -0.1) is 0 Å². The number of carbonyl (C=O) groups excluding carboxylic acids is 2. The van der Waals surface area contributed by atoms with Crippen LogP contribution in [0.2, 0.25) is 6.04 Å². The van der Waals surface area contributed by atoms with E-state index in [2.05, 4.69) is 4.74 Å². The zero-order valence-electron chi connectivity index (χ0n) is 11.3. The van der Waals surface area contributed by atoms with Gasteiger partial charge in [0.1, 0.15) is 0 Å². The maximum atomic E-state index is 11.4. The molecule has 0 N–H and O–H groups in total. The third-order valence-electron chi connectivity index (χ3n) is 2.60. The molecule has 2 rings (SSSR count). The van der Waals surface area contributed by atoms with Crippen LogP contribution >= 0.6 is 0 Å². The van der Waals surface area contributed by atoms with Gasteiger partial charge >= 0.3 is 11.9 Å². The molecular weight excluding hydrogens is 260 g/mol. The summed E-state index contributed by atoms with van der Waals surface area (Å²) in [4.78, 5) is 22.7. The van der Waals surface area contributed by atoms with Crippen LogP contribution in [0, 0.1) is 0 Å². The Kier molecular flexibility index (Phi) is 3.87. The summed E-state index contributed by atoms with van der Waals surface area (Å²) in [6.45, 7) is 6.07. The molecule has 0 spiro atoms. The van der Waals surface area contributed by atoms with E-state index in [1.807, 2.05) is 26.8 Å². The second-order valence-corrected chi connectivity index (χ2v) is 6.41. The summed E-state index contributed by atoms with van der Waals surface area (Å²) in [5, 5.41) is 0. The molecule has 1 aromatic carbocycles. The van der Waals surface area contributed by atoms with Crippen LogP contribution in [0.4, 0.5) is 0 Å². The normalized spacial score (nSPS) is 14.5. The average molecular weight is 276 g/mol. The van der Waals surface area contributed by atoms with Gasteiger partial charge in [-0.25, -0.2) is 9.59 Å². The van der Waals surface area contributed by atoms with Crippen LogP contribution in [0.25, 0.3) is 0 Å². The Morgan fingerprint density at radius 3 is 2.53 bits per heavy atom. The molecular formula is C14H16O4Si. The molecule has 0 bridgehead atoms. The van der Waals surface area contributed by atoms with Gasteiger partial charge in [-0.3, -0.25) is 0 Å². The first kappa shape index (κ1) is 14.0. The Morgan fingerprint density at radius 1 is 1.16 bits per heavy atom. The summed E-state index contributed by atoms with van der Waals surface area (Å²) in [5.74, 6) is -1.10. The van der Waals surface area contributed by atoms with Crippen LogP contribution in [-0.2, 0) is 15.6 Å². The number of benzene rings is 1. The molecule has 0 aromatic heterocycles. The number of hydrogen-bond acceptors (Lipinski definition) is 4. The zero-order valence-corrected chi connectivity index (χ0v) is 12.3. The number of carbonyl (C=O) groups is 2. The SMILES string of the molecule is CC(C)(C)O[Si]CCc1ccc2c(c1)C(=O)OC2=O. The van der Waals surface area contributed by atoms with E-state index in [-0.39, 0.29) is 5.60 Å². The summed E-state index contributed by atoms with van der Waals surface area (Å²) in [6, 6.07) is 6.16. The molecule has 1 aromatic rings. The van der Waals surface area contributed by atoms with Crippen molar-refractivity contribution in [3.05, 3.63) is 34.9 Å². The molecule has 1 aliphatic rings. The van der Waals surface area contributed by atoms with E-state index >= 15 is 0 Å². The Bertz CT molecular complexity index is 517. The van der Waals surface area contributed by atoms with Gasteiger partial charge in [0, 0.05) is 5.60 Å². The van der Waals surface area contributed by atoms with Crippen molar-refractivity contribution >= 4 is 21.7 Å². The monoisotopic (exact) mass is 276 g/mol. The first-order valence-electron chi connectivity index (χ1n) is 6.17. The van der Waals surface area contributed by atoms with E-state index in [1.54, 1.807) is 12.1 Å². The Labute approximate surface area is 115 Å². The van der Waals surface area contributed by atoms with Crippen molar-refractivity contribution in [1.82, 2.24) is 0 Å². The predicted octanol–water partition coefficient (Wildman–Crippen LogP) is 2.39. The number of esters is 2. The van der Waals surface area contributed by atoms with Crippen molar-refractivity contribution in [3.63, 3.8) is 0 Å². The summed E-state index contributed by atoms with van der Waals surface area (Å²) >= 11 is 0. The molecule has 100 valence electrons. The topological polar surface area (TPSA) is 52.6 Å². The lowest BCUT2D eigenvalue weighted by Gasteiger charge is -2.19. The van der Waals surface area contributed by atoms with Crippen LogP contribution < -0.4 is 0 Å². The van der Waals surface area contributed by atoms with Gasteiger partial charge in [-0.2, -0.15) is 0 Å². The number of aryl methyl sites for hydroxylation is 1. The first-order chi connectivity index (χ1) is 8.87. The fraction of sp³-hybridized carbons (Fsp3) is 0.429. The fourth-order valence-electron chi connectivity index (χ4n) is 1.75. The lowest BCUT2D eigenvalue weighted by molar-refractivity contribution is 0.0443. The van der Waals surface area contributed by atoms with Gasteiger partial charge in [0.2, 0.25) is 9.76 Å². The van der Waals surface area contributed by atoms with E-state index in [0.29, 0.717) is 20.9 Å². The molecule has 0 unspecified atom stereocenters. The number of rotatable bonds is 4. The number of hydrogen-bond donors (Lipinski definition) is 0. The van der Waals surface area contributed by atoms with Crippen molar-refractivity contribution in [1.29, 1.82) is 0 Å². The number of fused-ring (bicyclic) bond motifs is 1. The molecule has 0 amide bonds. The summed E-state index contributed by atoms with van der Waals surface area (Å²) in [7, 11) is 0.425. The minimum Gasteiger partial charge on any atom is -0.413 e. The highest BCUT2D eigenvalue weighted by atomic mass is 28.2. The van der Waals surface area contributed by atoms with Crippen molar-refractivity contribution < 1.29 is 18.8 Å². The zero-order chi connectivity index (χ0) is 14.0. The quantitative estimate of drug-likeness (QED) is 0.367. The van der Waals surface area contributed by atoms with Gasteiger partial charge in [0.15, 0.2) is 0 Å². The van der Waals surface area contributed by atoms with Crippen LogP contribution in [0.15, 0.2) is 18.2 Å². The second kappa shape index (κ2) is 5.26. The third-order valence-corrected chi connectivity index (χ3v) is 3.81. The van der Waals surface area contributed by atoms with Crippen LogP contribution in [0.3, 0.4) is 0 Å². The van der Waals surface area contributed by atoms with E-state index in [1.165, 1.54) is 0 Å². The Balaban J connectivity index is 1.95. The molecule has 5 heteroatoms. The highest BCUT2D eigenvalue weighted by Crippen LogP contribution is 2.21. The second-order valence-electron chi connectivity index (χ2n) is 5.42. The lowest BCUT2D eigenvalue weighted by Crippen LogP contribution is -2.21. The smallest absolute Gasteiger partial charge is 0.346 e. The van der Waals surface area contributed by atoms with Gasteiger partial charge in [0.05, 0.1) is 11.1 Å². The number of ether oxygens (including phenoxy) is 1. The highest BCUT2D eigenvalue weighted by Gasteiger charge is 2.29. The molecule has 1 aliphatic heterocycles. The third kappa shape index (κ3) is 3.51. The Hall–Kier alpha value is -1.46. The van der Waals surface area contributed by atoms with Crippen LogP contribution in [-0.4, -0.2) is 27.3 Å². The molecule has 0 aliphatic carbocycles. The van der Waals surface area contributed by atoms with Gasteiger partial charge in [-0.1, -0.05) is 6.07 Å². The minimum atomic E-state index is -0.551. The average Bonchev–Trinajstić information content (AvgIpc) is 2.59. The van der Waals surface area contributed by atoms with E-state index in [4.69, 9.17) is 4.43 Å². The molecule has 0 saturated heterocycles. The lowest BCUT2D eigenvalue weighted by atomic mass is 10.0. The summed E-state index contributed by atoms with van der Waals surface area (Å²) in [5.41, 5.74) is 1.65. The maximum absolute atomic E-state index is 11.4. The number of cyclic esters (lactones) is 2. The van der Waals surface area contributed by atoms with E-state index in [9.17, 15) is 9.59 Å². The van der Waals surface area contributed by atoms with Crippen molar-refractivity contribution in [2.24, 2.45) is 0 Å². The molecule has 4 nitrogen and oxygen atoms in total. The standard InChI is InChI=1S/C14H16O4Si/c1-14(2,3)18-19-7-6-9-4-5-10-11(8-9)13(16)17-12(10)15/h4-5,8H,6-7H2,1-3H3. The van der Waals surface area contributed by atoms with Crippen molar-refractivity contribution in [3.8, 4) is 0 Å². The minimum absolute atomic E-state index is 0.118. The van der Waals surface area contributed by atoms with E-state index in [0.717, 1.165) is 18.0 Å². The highest BCUT2D eigenvalue weighted by molar-refractivity contribution is 6.27. The Morgan fingerprint density at radius 2 is 1.84 bits per heavy atom. The van der Waals surface area contributed by atoms with Gasteiger partial charge in [0.25, 0.3) is 0 Å². The largest absolute Gasteiger partial charge is 0.413 e. The molecule has 0 atom stereocenters. The van der Waals surface area contributed by atoms with Crippen LogP contribution in [0.5, 0.6) is 0 Å². The molecule has 2 radical (unpaired) electrons. The summed E-state index contributed by atoms with van der Waals surface area (Å²) in [6.07, 6.45) is 0.823. The van der Waals surface area contributed by atoms with E-state index < -0.39 is 11.9 Å². The molecule has 0 fully saturated rings.